The van der Waals surface area contributed by atoms with Crippen molar-refractivity contribution in [2.45, 2.75) is 20.3 Å². The molecule has 0 bridgehead atoms. The number of hydrogen-bond acceptors (Lipinski definition) is 4. The summed E-state index contributed by atoms with van der Waals surface area (Å²) in [5.41, 5.74) is 1.17. The second-order valence-corrected chi connectivity index (χ2v) is 6.78. The molecule has 7 nitrogen and oxygen atoms in total. The molecule has 1 aliphatic rings. The van der Waals surface area contributed by atoms with Crippen molar-refractivity contribution in [3.63, 3.8) is 0 Å². The van der Waals surface area contributed by atoms with Gasteiger partial charge in [-0.2, -0.15) is 0 Å². The molecule has 0 unspecified atom stereocenters. The minimum Gasteiger partial charge on any atom is -0.494 e. The third kappa shape index (κ3) is 5.53. The predicted molar refractivity (Wildman–Crippen MR) is 113 cm³/mol. The topological polar surface area (TPSA) is 70.3 Å². The van der Waals surface area contributed by atoms with Gasteiger partial charge in [0.25, 0.3) is 5.91 Å². The van der Waals surface area contributed by atoms with Gasteiger partial charge in [0, 0.05) is 39.3 Å². The van der Waals surface area contributed by atoms with Crippen molar-refractivity contribution in [1.29, 1.82) is 0 Å². The molecule has 7 heteroatoms. The Balaban J connectivity index is 1.56. The van der Waals surface area contributed by atoms with Gasteiger partial charge in [0.05, 0.1) is 12.9 Å². The maximum atomic E-state index is 12.4. The van der Waals surface area contributed by atoms with Crippen LogP contribution in [0.5, 0.6) is 5.75 Å². The van der Waals surface area contributed by atoms with Gasteiger partial charge in [-0.25, -0.2) is 0 Å². The van der Waals surface area contributed by atoms with E-state index in [-0.39, 0.29) is 5.91 Å². The Morgan fingerprint density at radius 1 is 1.10 bits per heavy atom. The highest BCUT2D eigenvalue weighted by Gasteiger charge is 2.25. The predicted octanol–water partition coefficient (Wildman–Crippen LogP) is 2.64. The number of rotatable bonds is 7. The standard InChI is InChI=1S/C22H30N4O3/c1-3-23-22(24-12-11-18-8-5-6-9-19(18)28-4-2)26-15-13-25(14-16-26)21(27)20-10-7-17-29-20/h5-10,17H,3-4,11-16H2,1-2H3,(H,23,24). The molecular weight excluding hydrogens is 368 g/mol. The number of nitrogens with one attached hydrogen (secondary N) is 1. The van der Waals surface area contributed by atoms with Crippen molar-refractivity contribution >= 4 is 11.9 Å². The lowest BCUT2D eigenvalue weighted by molar-refractivity contribution is 0.0657. The molecule has 3 rings (SSSR count). The maximum Gasteiger partial charge on any atom is 0.289 e. The first-order valence-electron chi connectivity index (χ1n) is 10.3. The number of piperazine rings is 1. The van der Waals surface area contributed by atoms with Crippen LogP contribution in [0.3, 0.4) is 0 Å². The number of benzene rings is 1. The molecule has 1 aromatic heterocycles. The van der Waals surface area contributed by atoms with Gasteiger partial charge in [0.2, 0.25) is 0 Å². The molecule has 0 spiro atoms. The van der Waals surface area contributed by atoms with E-state index in [0.29, 0.717) is 32.0 Å². The number of carbonyl (C=O) groups excluding carboxylic acids is 1. The summed E-state index contributed by atoms with van der Waals surface area (Å²) in [6.07, 6.45) is 2.35. The molecule has 2 heterocycles. The molecular formula is C22H30N4O3. The normalized spacial score (nSPS) is 14.8. The van der Waals surface area contributed by atoms with E-state index in [1.165, 1.54) is 11.8 Å². The number of guanidine groups is 1. The van der Waals surface area contributed by atoms with E-state index in [2.05, 4.69) is 23.2 Å². The third-order valence-electron chi connectivity index (χ3n) is 4.85. The first kappa shape index (κ1) is 20.8. The van der Waals surface area contributed by atoms with Crippen molar-refractivity contribution in [1.82, 2.24) is 15.1 Å². The Labute approximate surface area is 172 Å². The first-order chi connectivity index (χ1) is 14.2. The lowest BCUT2D eigenvalue weighted by Gasteiger charge is -2.36. The number of ether oxygens (including phenoxy) is 1. The summed E-state index contributed by atoms with van der Waals surface area (Å²) < 4.78 is 10.9. The summed E-state index contributed by atoms with van der Waals surface area (Å²) in [7, 11) is 0. The Morgan fingerprint density at radius 2 is 1.86 bits per heavy atom. The van der Waals surface area contributed by atoms with Crippen LogP contribution in [-0.4, -0.2) is 67.5 Å². The molecule has 1 amide bonds. The smallest absolute Gasteiger partial charge is 0.289 e. The van der Waals surface area contributed by atoms with E-state index in [1.54, 1.807) is 12.1 Å². The fraction of sp³-hybridized carbons (Fsp3) is 0.455. The lowest BCUT2D eigenvalue weighted by Crippen LogP contribution is -2.53. The summed E-state index contributed by atoms with van der Waals surface area (Å²) in [4.78, 5) is 21.3. The van der Waals surface area contributed by atoms with Gasteiger partial charge in [-0.15, -0.1) is 0 Å². The van der Waals surface area contributed by atoms with Crippen molar-refractivity contribution in [3.05, 3.63) is 54.0 Å². The van der Waals surface area contributed by atoms with Crippen LogP contribution in [0.2, 0.25) is 0 Å². The van der Waals surface area contributed by atoms with Gasteiger partial charge >= 0.3 is 0 Å². The van der Waals surface area contributed by atoms with Crippen LogP contribution >= 0.6 is 0 Å². The van der Waals surface area contributed by atoms with E-state index in [0.717, 1.165) is 37.8 Å². The SMILES string of the molecule is CCNC(=NCCc1ccccc1OCC)N1CCN(C(=O)c2ccco2)CC1. The zero-order valence-corrected chi connectivity index (χ0v) is 17.3. The molecule has 1 saturated heterocycles. The molecule has 1 fully saturated rings. The third-order valence-corrected chi connectivity index (χ3v) is 4.85. The number of carbonyl (C=O) groups is 1. The molecule has 2 aromatic rings. The Bertz CT molecular complexity index is 796. The minimum atomic E-state index is -0.0517. The second kappa shape index (κ2) is 10.5. The number of amides is 1. The summed E-state index contributed by atoms with van der Waals surface area (Å²) >= 11 is 0. The van der Waals surface area contributed by atoms with Crippen molar-refractivity contribution in [2.24, 2.45) is 4.99 Å². The summed E-state index contributed by atoms with van der Waals surface area (Å²) in [6.45, 7) is 8.99. The fourth-order valence-electron chi connectivity index (χ4n) is 3.39. The number of hydrogen-bond donors (Lipinski definition) is 1. The lowest BCUT2D eigenvalue weighted by atomic mass is 10.1. The summed E-state index contributed by atoms with van der Waals surface area (Å²) in [5, 5.41) is 3.37. The molecule has 1 aliphatic heterocycles. The van der Waals surface area contributed by atoms with Crippen LogP contribution in [0.15, 0.2) is 52.1 Å². The van der Waals surface area contributed by atoms with Crippen molar-refractivity contribution in [2.75, 3.05) is 45.9 Å². The molecule has 0 atom stereocenters. The Kier molecular flexibility index (Phi) is 7.55. The van der Waals surface area contributed by atoms with Gasteiger partial charge < -0.3 is 24.3 Å². The maximum absolute atomic E-state index is 12.4. The van der Waals surface area contributed by atoms with Gasteiger partial charge in [0.15, 0.2) is 11.7 Å². The highest BCUT2D eigenvalue weighted by atomic mass is 16.5. The van der Waals surface area contributed by atoms with Crippen LogP contribution in [-0.2, 0) is 6.42 Å². The Hall–Kier alpha value is -2.96. The molecule has 0 radical (unpaired) electrons. The fourth-order valence-corrected chi connectivity index (χ4v) is 3.39. The zero-order chi connectivity index (χ0) is 20.5. The second-order valence-electron chi connectivity index (χ2n) is 6.78. The summed E-state index contributed by atoms with van der Waals surface area (Å²) in [6, 6.07) is 11.6. The van der Waals surface area contributed by atoms with Crippen molar-refractivity contribution in [3.8, 4) is 5.75 Å². The molecule has 0 saturated carbocycles. The minimum absolute atomic E-state index is 0.0517. The molecule has 156 valence electrons. The average Bonchev–Trinajstić information content (AvgIpc) is 3.29. The summed E-state index contributed by atoms with van der Waals surface area (Å²) in [5.74, 6) is 2.17. The quantitative estimate of drug-likeness (QED) is 0.574. The molecule has 0 aliphatic carbocycles. The van der Waals surface area contributed by atoms with Crippen LogP contribution in [0, 0.1) is 0 Å². The Morgan fingerprint density at radius 3 is 2.55 bits per heavy atom. The van der Waals surface area contributed by atoms with E-state index >= 15 is 0 Å². The highest BCUT2D eigenvalue weighted by molar-refractivity contribution is 5.91. The number of para-hydroxylation sites is 1. The van der Waals surface area contributed by atoms with E-state index < -0.39 is 0 Å². The number of nitrogens with zero attached hydrogens (tertiary/aromatic N) is 3. The van der Waals surface area contributed by atoms with Crippen LogP contribution in [0.4, 0.5) is 0 Å². The van der Waals surface area contributed by atoms with Crippen LogP contribution < -0.4 is 10.1 Å². The highest BCUT2D eigenvalue weighted by Crippen LogP contribution is 2.18. The molecule has 1 N–H and O–H groups in total. The van der Waals surface area contributed by atoms with E-state index in [1.807, 2.05) is 30.0 Å². The van der Waals surface area contributed by atoms with E-state index in [4.69, 9.17) is 14.1 Å². The molecule has 29 heavy (non-hydrogen) atoms. The van der Waals surface area contributed by atoms with Gasteiger partial charge in [-0.05, 0) is 44.0 Å². The monoisotopic (exact) mass is 398 g/mol. The van der Waals surface area contributed by atoms with Gasteiger partial charge in [-0.1, -0.05) is 18.2 Å². The van der Waals surface area contributed by atoms with Crippen molar-refractivity contribution < 1.29 is 13.9 Å². The average molecular weight is 399 g/mol. The van der Waals surface area contributed by atoms with Gasteiger partial charge in [-0.3, -0.25) is 9.79 Å². The largest absolute Gasteiger partial charge is 0.494 e. The van der Waals surface area contributed by atoms with E-state index in [9.17, 15) is 4.79 Å². The van der Waals surface area contributed by atoms with Crippen LogP contribution in [0.1, 0.15) is 30.0 Å². The van der Waals surface area contributed by atoms with Gasteiger partial charge in [0.1, 0.15) is 5.75 Å². The van der Waals surface area contributed by atoms with Crippen LogP contribution in [0.25, 0.3) is 0 Å². The first-order valence-corrected chi connectivity index (χ1v) is 10.3. The molecule has 1 aromatic carbocycles. The number of furan rings is 1. The number of aliphatic imine (C=N–C) groups is 1. The zero-order valence-electron chi connectivity index (χ0n) is 17.3.